The van der Waals surface area contributed by atoms with Gasteiger partial charge in [-0.15, -0.1) is 0 Å². The molecule has 1 aromatic carbocycles. The molecule has 0 spiro atoms. The molecule has 3 N–H and O–H groups in total. The van der Waals surface area contributed by atoms with Crippen molar-refractivity contribution in [3.63, 3.8) is 0 Å². The molecule has 0 bridgehead atoms. The van der Waals surface area contributed by atoms with Crippen LogP contribution < -0.4 is 5.32 Å². The molecule has 0 unspecified atom stereocenters. The molecular formula is C9H7Cl2NO4. The van der Waals surface area contributed by atoms with Crippen LogP contribution >= 0.6 is 23.2 Å². The van der Waals surface area contributed by atoms with E-state index in [1.54, 1.807) is 0 Å². The number of hydrogen-bond donors (Lipinski definition) is 3. The molecule has 0 saturated heterocycles. The number of benzene rings is 1. The van der Waals surface area contributed by atoms with Crippen molar-refractivity contribution >= 4 is 40.8 Å². The Labute approximate surface area is 101 Å². The van der Waals surface area contributed by atoms with Crippen molar-refractivity contribution in [1.29, 1.82) is 0 Å². The lowest BCUT2D eigenvalue weighted by atomic mass is 10.1. The molecule has 0 amide bonds. The summed E-state index contributed by atoms with van der Waals surface area (Å²) < 4.78 is 0. The molecule has 0 aliphatic rings. The third-order valence-electron chi connectivity index (χ3n) is 1.73. The minimum atomic E-state index is -1.28. The van der Waals surface area contributed by atoms with Gasteiger partial charge in [0.15, 0.2) is 0 Å². The molecule has 7 heteroatoms. The van der Waals surface area contributed by atoms with Crippen LogP contribution in [0, 0.1) is 0 Å². The quantitative estimate of drug-likeness (QED) is 0.775. The Bertz CT molecular complexity index is 447. The average molecular weight is 264 g/mol. The molecule has 0 aliphatic carbocycles. The monoisotopic (exact) mass is 263 g/mol. The summed E-state index contributed by atoms with van der Waals surface area (Å²) in [5, 5.41) is 19.9. The van der Waals surface area contributed by atoms with Gasteiger partial charge in [-0.05, 0) is 12.1 Å². The molecule has 0 aromatic heterocycles. The van der Waals surface area contributed by atoms with Gasteiger partial charge in [-0.25, -0.2) is 4.79 Å². The predicted octanol–water partition coefficient (Wildman–Crippen LogP) is 2.19. The molecule has 86 valence electrons. The smallest absolute Gasteiger partial charge is 0.339 e. The summed E-state index contributed by atoms with van der Waals surface area (Å²) in [7, 11) is 0. The highest BCUT2D eigenvalue weighted by molar-refractivity contribution is 6.38. The second kappa shape index (κ2) is 5.05. The summed E-state index contributed by atoms with van der Waals surface area (Å²) in [6.45, 7) is -0.444. The number of hydrogen-bond acceptors (Lipinski definition) is 3. The molecule has 1 rings (SSSR count). The van der Waals surface area contributed by atoms with E-state index in [4.69, 9.17) is 33.4 Å². The summed E-state index contributed by atoms with van der Waals surface area (Å²) >= 11 is 11.4. The lowest BCUT2D eigenvalue weighted by Crippen LogP contribution is -2.15. The molecule has 1 aromatic rings. The number of carboxylic acids is 2. The molecule has 5 nitrogen and oxygen atoms in total. The van der Waals surface area contributed by atoms with E-state index >= 15 is 0 Å². The second-order valence-corrected chi connectivity index (χ2v) is 3.65. The fraction of sp³-hybridized carbons (Fsp3) is 0.111. The normalized spacial score (nSPS) is 9.88. The van der Waals surface area contributed by atoms with Gasteiger partial charge in [-0.3, -0.25) is 4.79 Å². The summed E-state index contributed by atoms with van der Waals surface area (Å²) in [6, 6.07) is 2.72. The molecule has 0 heterocycles. The van der Waals surface area contributed by atoms with Crippen molar-refractivity contribution in [3.05, 3.63) is 27.7 Å². The third-order valence-corrected chi connectivity index (χ3v) is 2.36. The van der Waals surface area contributed by atoms with Gasteiger partial charge in [0.25, 0.3) is 0 Å². The highest BCUT2D eigenvalue weighted by atomic mass is 35.5. The van der Waals surface area contributed by atoms with Crippen molar-refractivity contribution in [2.45, 2.75) is 0 Å². The van der Waals surface area contributed by atoms with Crippen molar-refractivity contribution in [2.24, 2.45) is 0 Å². The highest BCUT2D eigenvalue weighted by Gasteiger charge is 2.17. The van der Waals surface area contributed by atoms with Gasteiger partial charge in [-0.2, -0.15) is 0 Å². The lowest BCUT2D eigenvalue weighted by molar-refractivity contribution is -0.134. The molecule has 16 heavy (non-hydrogen) atoms. The number of nitrogens with one attached hydrogen (secondary N) is 1. The fourth-order valence-corrected chi connectivity index (χ4v) is 1.56. The largest absolute Gasteiger partial charge is 0.480 e. The van der Waals surface area contributed by atoms with E-state index in [0.717, 1.165) is 0 Å². The van der Waals surface area contributed by atoms with Gasteiger partial charge in [0.05, 0.1) is 15.7 Å². The molecule has 0 aliphatic heterocycles. The van der Waals surface area contributed by atoms with Crippen molar-refractivity contribution in [2.75, 3.05) is 11.9 Å². The maximum atomic E-state index is 10.9. The minimum Gasteiger partial charge on any atom is -0.480 e. The summed E-state index contributed by atoms with van der Waals surface area (Å²) in [4.78, 5) is 21.3. The van der Waals surface area contributed by atoms with Gasteiger partial charge in [0.2, 0.25) is 0 Å². The number of carbonyl (C=O) groups is 2. The first-order valence-corrected chi connectivity index (χ1v) is 4.86. The third kappa shape index (κ3) is 2.77. The van der Waals surface area contributed by atoms with E-state index in [1.807, 2.05) is 0 Å². The molecule has 0 saturated carbocycles. The molecule has 0 radical (unpaired) electrons. The van der Waals surface area contributed by atoms with Gasteiger partial charge in [0.1, 0.15) is 12.1 Å². The van der Waals surface area contributed by atoms with Gasteiger partial charge >= 0.3 is 11.9 Å². The zero-order valence-corrected chi connectivity index (χ0v) is 9.34. The number of carboxylic acid groups (broad SMARTS) is 2. The first-order valence-electron chi connectivity index (χ1n) is 4.10. The fourth-order valence-electron chi connectivity index (χ4n) is 1.10. The van der Waals surface area contributed by atoms with E-state index < -0.39 is 18.5 Å². The van der Waals surface area contributed by atoms with E-state index in [0.29, 0.717) is 0 Å². The number of rotatable bonds is 4. The average Bonchev–Trinajstić information content (AvgIpc) is 2.18. The number of anilines is 1. The highest BCUT2D eigenvalue weighted by Crippen LogP contribution is 2.31. The zero-order valence-electron chi connectivity index (χ0n) is 7.83. The number of aliphatic carboxylic acids is 1. The summed E-state index contributed by atoms with van der Waals surface area (Å²) in [5.74, 6) is -2.41. The Balaban J connectivity index is 3.18. The van der Waals surface area contributed by atoms with E-state index in [9.17, 15) is 9.59 Å². The minimum absolute atomic E-state index is 0.00377. The first kappa shape index (κ1) is 12.6. The van der Waals surface area contributed by atoms with Gasteiger partial charge in [0, 0.05) is 0 Å². The van der Waals surface area contributed by atoms with Crippen LogP contribution in [-0.2, 0) is 4.79 Å². The van der Waals surface area contributed by atoms with Crippen LogP contribution in [0.5, 0.6) is 0 Å². The number of halogens is 2. The Morgan fingerprint density at radius 3 is 2.25 bits per heavy atom. The van der Waals surface area contributed by atoms with Crippen LogP contribution in [0.2, 0.25) is 10.0 Å². The standard InChI is InChI=1S/C9H7Cl2NO4/c10-4-1-2-5(11)8(7(4)9(15)16)12-3-6(13)14/h1-2,12H,3H2,(H,13,14)(H,15,16). The van der Waals surface area contributed by atoms with Gasteiger partial charge in [-0.1, -0.05) is 23.2 Å². The zero-order chi connectivity index (χ0) is 12.3. The SMILES string of the molecule is O=C(O)CNc1c(Cl)ccc(Cl)c1C(=O)O. The Morgan fingerprint density at radius 2 is 1.75 bits per heavy atom. The Kier molecular flexibility index (Phi) is 3.98. The Hall–Kier alpha value is -1.46. The topological polar surface area (TPSA) is 86.6 Å². The maximum absolute atomic E-state index is 10.9. The van der Waals surface area contributed by atoms with E-state index in [1.165, 1.54) is 12.1 Å². The molecular weight excluding hydrogens is 257 g/mol. The first-order chi connectivity index (χ1) is 7.43. The Morgan fingerprint density at radius 1 is 1.19 bits per heavy atom. The molecule has 0 atom stereocenters. The number of aromatic carboxylic acids is 1. The maximum Gasteiger partial charge on any atom is 0.339 e. The van der Waals surface area contributed by atoms with Crippen LogP contribution in [0.4, 0.5) is 5.69 Å². The lowest BCUT2D eigenvalue weighted by Gasteiger charge is -2.10. The summed E-state index contributed by atoms with van der Waals surface area (Å²) in [5.41, 5.74) is -0.237. The van der Waals surface area contributed by atoms with E-state index in [2.05, 4.69) is 5.32 Å². The summed E-state index contributed by atoms with van der Waals surface area (Å²) in [6.07, 6.45) is 0. The van der Waals surface area contributed by atoms with Crippen molar-refractivity contribution in [3.8, 4) is 0 Å². The van der Waals surface area contributed by atoms with Gasteiger partial charge < -0.3 is 15.5 Å². The van der Waals surface area contributed by atoms with E-state index in [-0.39, 0.29) is 21.3 Å². The second-order valence-electron chi connectivity index (χ2n) is 2.83. The van der Waals surface area contributed by atoms with Crippen LogP contribution in [0.15, 0.2) is 12.1 Å². The van der Waals surface area contributed by atoms with Crippen molar-refractivity contribution < 1.29 is 19.8 Å². The predicted molar refractivity (Wildman–Crippen MR) is 59.5 cm³/mol. The van der Waals surface area contributed by atoms with Crippen LogP contribution in [0.25, 0.3) is 0 Å². The van der Waals surface area contributed by atoms with Crippen LogP contribution in [0.3, 0.4) is 0 Å². The molecule has 0 fully saturated rings. The van der Waals surface area contributed by atoms with Crippen molar-refractivity contribution in [1.82, 2.24) is 0 Å². The van der Waals surface area contributed by atoms with Crippen LogP contribution in [-0.4, -0.2) is 28.7 Å². The van der Waals surface area contributed by atoms with Crippen LogP contribution in [0.1, 0.15) is 10.4 Å².